The molecule has 1 aliphatic rings. The van der Waals surface area contributed by atoms with E-state index in [2.05, 4.69) is 10.3 Å². The van der Waals surface area contributed by atoms with E-state index in [0.717, 1.165) is 23.7 Å². The zero-order valence-corrected chi connectivity index (χ0v) is 12.0. The van der Waals surface area contributed by atoms with E-state index in [9.17, 15) is 9.59 Å². The van der Waals surface area contributed by atoms with Gasteiger partial charge in [0, 0.05) is 0 Å². The van der Waals surface area contributed by atoms with Gasteiger partial charge in [-0.3, -0.25) is 4.79 Å². The molecule has 0 spiro atoms. The van der Waals surface area contributed by atoms with Crippen molar-refractivity contribution in [1.82, 2.24) is 10.3 Å². The molecule has 1 aromatic heterocycles. The SMILES string of the molecule is O=C(CSc1nc2ccccc2o1)NC1(C(=O)O)CCC1. The Morgan fingerprint density at radius 2 is 2.14 bits per heavy atom. The number of oxazole rings is 1. The lowest BCUT2D eigenvalue weighted by Gasteiger charge is -2.38. The monoisotopic (exact) mass is 306 g/mol. The maximum absolute atomic E-state index is 11.9. The van der Waals surface area contributed by atoms with Crippen LogP contribution >= 0.6 is 11.8 Å². The molecule has 0 unspecified atom stereocenters. The van der Waals surface area contributed by atoms with Crippen LogP contribution in [-0.2, 0) is 9.59 Å². The Hall–Kier alpha value is -2.02. The molecular formula is C14H14N2O4S. The number of carbonyl (C=O) groups is 2. The quantitative estimate of drug-likeness (QED) is 0.821. The zero-order valence-electron chi connectivity index (χ0n) is 11.2. The third-order valence-electron chi connectivity index (χ3n) is 3.60. The summed E-state index contributed by atoms with van der Waals surface area (Å²) in [5.74, 6) is -1.19. The number of benzene rings is 1. The van der Waals surface area contributed by atoms with Crippen LogP contribution in [-0.4, -0.2) is 33.3 Å². The summed E-state index contributed by atoms with van der Waals surface area (Å²) >= 11 is 1.16. The van der Waals surface area contributed by atoms with Gasteiger partial charge in [-0.2, -0.15) is 0 Å². The summed E-state index contributed by atoms with van der Waals surface area (Å²) in [5, 5.41) is 12.2. The minimum atomic E-state index is -1.07. The summed E-state index contributed by atoms with van der Waals surface area (Å²) in [6.45, 7) is 0. The van der Waals surface area contributed by atoms with Crippen LogP contribution in [0.2, 0.25) is 0 Å². The van der Waals surface area contributed by atoms with Crippen LogP contribution in [0.4, 0.5) is 0 Å². The molecule has 1 aliphatic carbocycles. The highest BCUT2D eigenvalue weighted by atomic mass is 32.2. The molecule has 0 aliphatic heterocycles. The summed E-state index contributed by atoms with van der Waals surface area (Å²) < 4.78 is 5.49. The molecule has 0 saturated heterocycles. The number of thioether (sulfide) groups is 1. The predicted octanol–water partition coefficient (Wildman–Crippen LogP) is 2.04. The van der Waals surface area contributed by atoms with Gasteiger partial charge in [0.25, 0.3) is 5.22 Å². The summed E-state index contributed by atoms with van der Waals surface area (Å²) in [6, 6.07) is 7.35. The number of fused-ring (bicyclic) bond motifs is 1. The Kier molecular flexibility index (Phi) is 3.59. The minimum Gasteiger partial charge on any atom is -0.480 e. The number of carbonyl (C=O) groups excluding carboxylic acids is 1. The summed E-state index contributed by atoms with van der Waals surface area (Å²) in [7, 11) is 0. The molecule has 1 fully saturated rings. The van der Waals surface area contributed by atoms with Gasteiger partial charge in [-0.05, 0) is 31.4 Å². The van der Waals surface area contributed by atoms with Crippen LogP contribution < -0.4 is 5.32 Å². The van der Waals surface area contributed by atoms with Crippen LogP contribution in [0.1, 0.15) is 19.3 Å². The molecule has 1 heterocycles. The molecule has 0 radical (unpaired) electrons. The molecule has 3 rings (SSSR count). The number of hydrogen-bond acceptors (Lipinski definition) is 5. The Labute approximate surface area is 124 Å². The van der Waals surface area contributed by atoms with Gasteiger partial charge >= 0.3 is 5.97 Å². The molecule has 1 saturated carbocycles. The van der Waals surface area contributed by atoms with Gasteiger partial charge in [0.15, 0.2) is 5.58 Å². The van der Waals surface area contributed by atoms with Crippen molar-refractivity contribution in [3.8, 4) is 0 Å². The predicted molar refractivity (Wildman–Crippen MR) is 77.1 cm³/mol. The molecule has 0 bridgehead atoms. The Balaban J connectivity index is 1.59. The van der Waals surface area contributed by atoms with Gasteiger partial charge in [0.1, 0.15) is 11.1 Å². The van der Waals surface area contributed by atoms with E-state index in [1.807, 2.05) is 18.2 Å². The fourth-order valence-electron chi connectivity index (χ4n) is 2.27. The van der Waals surface area contributed by atoms with Crippen molar-refractivity contribution in [2.75, 3.05) is 5.75 Å². The van der Waals surface area contributed by atoms with Crippen molar-refractivity contribution in [2.24, 2.45) is 0 Å². The van der Waals surface area contributed by atoms with E-state index in [-0.39, 0.29) is 11.7 Å². The van der Waals surface area contributed by atoms with E-state index in [1.165, 1.54) is 0 Å². The fourth-order valence-corrected chi connectivity index (χ4v) is 2.90. The Morgan fingerprint density at radius 1 is 1.38 bits per heavy atom. The molecule has 2 aromatic rings. The number of nitrogens with one attached hydrogen (secondary N) is 1. The third-order valence-corrected chi connectivity index (χ3v) is 4.42. The number of hydrogen-bond donors (Lipinski definition) is 2. The van der Waals surface area contributed by atoms with Crippen LogP contribution in [0.5, 0.6) is 0 Å². The minimum absolute atomic E-state index is 0.0852. The van der Waals surface area contributed by atoms with Crippen molar-refractivity contribution < 1.29 is 19.1 Å². The Morgan fingerprint density at radius 3 is 2.76 bits per heavy atom. The first-order valence-electron chi connectivity index (χ1n) is 6.62. The van der Waals surface area contributed by atoms with Crippen LogP contribution in [0.3, 0.4) is 0 Å². The maximum atomic E-state index is 11.9. The molecule has 2 N–H and O–H groups in total. The average Bonchev–Trinajstić information content (AvgIpc) is 2.83. The van der Waals surface area contributed by atoms with Gasteiger partial charge in [-0.25, -0.2) is 9.78 Å². The van der Waals surface area contributed by atoms with E-state index >= 15 is 0 Å². The van der Waals surface area contributed by atoms with Crippen molar-refractivity contribution in [3.05, 3.63) is 24.3 Å². The number of rotatable bonds is 5. The van der Waals surface area contributed by atoms with Crippen molar-refractivity contribution >= 4 is 34.7 Å². The number of carboxylic acids is 1. The van der Waals surface area contributed by atoms with Crippen LogP contribution in [0.15, 0.2) is 33.9 Å². The number of carboxylic acid groups (broad SMARTS) is 1. The summed E-state index contributed by atoms with van der Waals surface area (Å²) in [6.07, 6.45) is 1.80. The molecule has 0 atom stereocenters. The molecular weight excluding hydrogens is 292 g/mol. The van der Waals surface area contributed by atoms with E-state index in [4.69, 9.17) is 9.52 Å². The highest BCUT2D eigenvalue weighted by Crippen LogP contribution is 2.32. The zero-order chi connectivity index (χ0) is 14.9. The number of amides is 1. The number of aromatic nitrogens is 1. The van der Waals surface area contributed by atoms with Gasteiger partial charge in [0.2, 0.25) is 5.91 Å². The topological polar surface area (TPSA) is 92.4 Å². The van der Waals surface area contributed by atoms with E-state index < -0.39 is 11.5 Å². The molecule has 110 valence electrons. The number of nitrogens with zero attached hydrogens (tertiary/aromatic N) is 1. The van der Waals surface area contributed by atoms with E-state index in [0.29, 0.717) is 23.6 Å². The molecule has 7 heteroatoms. The lowest BCUT2D eigenvalue weighted by atomic mass is 9.77. The second-order valence-electron chi connectivity index (χ2n) is 5.03. The van der Waals surface area contributed by atoms with Gasteiger partial charge in [-0.15, -0.1) is 0 Å². The second-order valence-corrected chi connectivity index (χ2v) is 5.95. The van der Waals surface area contributed by atoms with Crippen molar-refractivity contribution in [2.45, 2.75) is 30.0 Å². The fraction of sp³-hybridized carbons (Fsp3) is 0.357. The number of para-hydroxylation sites is 2. The first-order chi connectivity index (χ1) is 10.1. The first-order valence-corrected chi connectivity index (χ1v) is 7.60. The lowest BCUT2D eigenvalue weighted by molar-refractivity contribution is -0.151. The van der Waals surface area contributed by atoms with Crippen LogP contribution in [0.25, 0.3) is 11.1 Å². The molecule has 6 nitrogen and oxygen atoms in total. The maximum Gasteiger partial charge on any atom is 0.329 e. The largest absolute Gasteiger partial charge is 0.480 e. The first kappa shape index (κ1) is 13.9. The standard InChI is InChI=1S/C14H14N2O4S/c17-11(16-14(12(18)19)6-3-7-14)8-21-13-15-9-4-1-2-5-10(9)20-13/h1-2,4-5H,3,6-8H2,(H,16,17)(H,18,19). The highest BCUT2D eigenvalue weighted by molar-refractivity contribution is 7.99. The number of aliphatic carboxylic acids is 1. The highest BCUT2D eigenvalue weighted by Gasteiger charge is 2.45. The van der Waals surface area contributed by atoms with Crippen LogP contribution in [0, 0.1) is 0 Å². The van der Waals surface area contributed by atoms with Crippen molar-refractivity contribution in [1.29, 1.82) is 0 Å². The summed E-state index contributed by atoms with van der Waals surface area (Å²) in [4.78, 5) is 27.3. The normalized spacial score (nSPS) is 16.4. The van der Waals surface area contributed by atoms with Crippen molar-refractivity contribution in [3.63, 3.8) is 0 Å². The smallest absolute Gasteiger partial charge is 0.329 e. The average molecular weight is 306 g/mol. The van der Waals surface area contributed by atoms with Gasteiger partial charge in [-0.1, -0.05) is 23.9 Å². The second kappa shape index (κ2) is 5.40. The molecule has 21 heavy (non-hydrogen) atoms. The molecule has 1 aromatic carbocycles. The Bertz CT molecular complexity index is 660. The van der Waals surface area contributed by atoms with Gasteiger partial charge < -0.3 is 14.8 Å². The lowest BCUT2D eigenvalue weighted by Crippen LogP contribution is -2.59. The van der Waals surface area contributed by atoms with E-state index in [1.54, 1.807) is 6.07 Å². The third kappa shape index (κ3) is 2.73. The van der Waals surface area contributed by atoms with Gasteiger partial charge in [0.05, 0.1) is 5.75 Å². The molecule has 1 amide bonds. The summed E-state index contributed by atoms with van der Waals surface area (Å²) in [5.41, 5.74) is 0.335.